The molecule has 106 valence electrons. The summed E-state index contributed by atoms with van der Waals surface area (Å²) in [7, 11) is 0. The molecule has 19 heavy (non-hydrogen) atoms. The van der Waals surface area contributed by atoms with Gasteiger partial charge in [-0.15, -0.1) is 0 Å². The number of hydrogen-bond donors (Lipinski definition) is 2. The zero-order valence-corrected chi connectivity index (χ0v) is 11.7. The molecule has 1 rings (SSSR count). The SMILES string of the molecule is Cc1nc(CC(C)(C)C)n(CC(=O)O)c1CC(=O)O. The number of carboxylic acids is 2. The molecule has 0 saturated heterocycles. The van der Waals surface area contributed by atoms with Crippen molar-refractivity contribution in [1.82, 2.24) is 9.55 Å². The molecule has 0 aliphatic rings. The van der Waals surface area contributed by atoms with E-state index in [0.29, 0.717) is 23.6 Å². The number of nitrogens with zero attached hydrogens (tertiary/aromatic N) is 2. The number of carbonyl (C=O) groups is 2. The topological polar surface area (TPSA) is 92.4 Å². The van der Waals surface area contributed by atoms with Crippen molar-refractivity contribution in [1.29, 1.82) is 0 Å². The first-order chi connectivity index (χ1) is 8.60. The predicted octanol–water partition coefficient (Wildman–Crippen LogP) is 1.49. The van der Waals surface area contributed by atoms with Gasteiger partial charge in [0.05, 0.1) is 17.8 Å². The van der Waals surface area contributed by atoms with Gasteiger partial charge in [0.25, 0.3) is 0 Å². The van der Waals surface area contributed by atoms with Crippen molar-refractivity contribution in [2.24, 2.45) is 5.41 Å². The van der Waals surface area contributed by atoms with Crippen molar-refractivity contribution in [2.45, 2.75) is 47.1 Å². The van der Waals surface area contributed by atoms with Crippen molar-refractivity contribution in [3.63, 3.8) is 0 Å². The lowest BCUT2D eigenvalue weighted by atomic mass is 9.92. The average Bonchev–Trinajstić information content (AvgIpc) is 2.42. The van der Waals surface area contributed by atoms with Gasteiger partial charge in [-0.1, -0.05) is 20.8 Å². The van der Waals surface area contributed by atoms with E-state index in [9.17, 15) is 9.59 Å². The summed E-state index contributed by atoms with van der Waals surface area (Å²) in [6, 6.07) is 0. The lowest BCUT2D eigenvalue weighted by molar-refractivity contribution is -0.139. The van der Waals surface area contributed by atoms with Crippen LogP contribution in [-0.4, -0.2) is 31.7 Å². The van der Waals surface area contributed by atoms with Crippen LogP contribution in [0.3, 0.4) is 0 Å². The fourth-order valence-corrected chi connectivity index (χ4v) is 1.97. The third-order valence-electron chi connectivity index (χ3n) is 2.65. The Morgan fingerprint density at radius 2 is 1.79 bits per heavy atom. The number of aliphatic carboxylic acids is 2. The summed E-state index contributed by atoms with van der Waals surface area (Å²) in [5.41, 5.74) is 1.01. The lowest BCUT2D eigenvalue weighted by Crippen LogP contribution is -2.20. The molecule has 1 aromatic rings. The van der Waals surface area contributed by atoms with Crippen LogP contribution in [0.2, 0.25) is 0 Å². The molecule has 0 aromatic carbocycles. The van der Waals surface area contributed by atoms with Crippen molar-refractivity contribution in [2.75, 3.05) is 0 Å². The number of carboxylic acid groups (broad SMARTS) is 2. The summed E-state index contributed by atoms with van der Waals surface area (Å²) in [4.78, 5) is 26.1. The minimum atomic E-state index is -1.00. The van der Waals surface area contributed by atoms with Crippen LogP contribution in [0, 0.1) is 12.3 Å². The number of imidazole rings is 1. The Morgan fingerprint density at radius 1 is 1.21 bits per heavy atom. The summed E-state index contributed by atoms with van der Waals surface area (Å²) >= 11 is 0. The van der Waals surface area contributed by atoms with Gasteiger partial charge in [0, 0.05) is 6.42 Å². The molecule has 0 spiro atoms. The minimum Gasteiger partial charge on any atom is -0.481 e. The van der Waals surface area contributed by atoms with E-state index >= 15 is 0 Å². The second-order valence-corrected chi connectivity index (χ2v) is 5.85. The second-order valence-electron chi connectivity index (χ2n) is 5.85. The predicted molar refractivity (Wildman–Crippen MR) is 69.1 cm³/mol. The fourth-order valence-electron chi connectivity index (χ4n) is 1.97. The van der Waals surface area contributed by atoms with Crippen LogP contribution in [0.25, 0.3) is 0 Å². The molecule has 0 amide bonds. The van der Waals surface area contributed by atoms with Gasteiger partial charge in [-0.05, 0) is 12.3 Å². The minimum absolute atomic E-state index is 0.0471. The molecule has 0 atom stereocenters. The molecular formula is C13H20N2O4. The highest BCUT2D eigenvalue weighted by atomic mass is 16.4. The second kappa shape index (κ2) is 5.42. The Kier molecular flexibility index (Phi) is 4.34. The Bertz CT molecular complexity index is 497. The molecule has 0 aliphatic carbocycles. The van der Waals surface area contributed by atoms with E-state index in [1.54, 1.807) is 6.92 Å². The molecule has 2 N–H and O–H groups in total. The van der Waals surface area contributed by atoms with E-state index in [4.69, 9.17) is 10.2 Å². The van der Waals surface area contributed by atoms with Gasteiger partial charge in [-0.25, -0.2) is 4.98 Å². The Labute approximate surface area is 112 Å². The third kappa shape index (κ3) is 4.39. The maximum atomic E-state index is 10.9. The van der Waals surface area contributed by atoms with Crippen molar-refractivity contribution in [3.8, 4) is 0 Å². The van der Waals surface area contributed by atoms with Crippen LogP contribution in [0.1, 0.15) is 38.0 Å². The summed E-state index contributed by atoms with van der Waals surface area (Å²) in [6.45, 7) is 7.54. The number of hydrogen-bond acceptors (Lipinski definition) is 3. The zero-order valence-electron chi connectivity index (χ0n) is 11.7. The van der Waals surface area contributed by atoms with Crippen LogP contribution >= 0.6 is 0 Å². The van der Waals surface area contributed by atoms with Crippen LogP contribution in [-0.2, 0) is 29.0 Å². The first-order valence-corrected chi connectivity index (χ1v) is 6.08. The average molecular weight is 268 g/mol. The van der Waals surface area contributed by atoms with Crippen LogP contribution < -0.4 is 0 Å². The molecular weight excluding hydrogens is 248 g/mol. The van der Waals surface area contributed by atoms with E-state index < -0.39 is 11.9 Å². The zero-order chi connectivity index (χ0) is 14.8. The largest absolute Gasteiger partial charge is 0.481 e. The third-order valence-corrected chi connectivity index (χ3v) is 2.65. The highest BCUT2D eigenvalue weighted by Crippen LogP contribution is 2.22. The number of aryl methyl sites for hydroxylation is 1. The van der Waals surface area contributed by atoms with Gasteiger partial charge in [0.1, 0.15) is 12.4 Å². The first kappa shape index (κ1) is 15.2. The maximum Gasteiger partial charge on any atom is 0.323 e. The molecule has 6 nitrogen and oxygen atoms in total. The normalized spacial score (nSPS) is 11.6. The molecule has 6 heteroatoms. The van der Waals surface area contributed by atoms with E-state index in [-0.39, 0.29) is 18.4 Å². The van der Waals surface area contributed by atoms with Gasteiger partial charge in [0.2, 0.25) is 0 Å². The summed E-state index contributed by atoms with van der Waals surface area (Å²) in [5.74, 6) is -1.36. The Balaban J connectivity index is 3.22. The Hall–Kier alpha value is -1.85. The smallest absolute Gasteiger partial charge is 0.323 e. The molecule has 1 heterocycles. The summed E-state index contributed by atoms with van der Waals surface area (Å²) in [5, 5.41) is 17.9. The monoisotopic (exact) mass is 268 g/mol. The number of aromatic nitrogens is 2. The van der Waals surface area contributed by atoms with Gasteiger partial charge in [0.15, 0.2) is 0 Å². The lowest BCUT2D eigenvalue weighted by Gasteiger charge is -2.18. The quantitative estimate of drug-likeness (QED) is 0.844. The van der Waals surface area contributed by atoms with Gasteiger partial charge < -0.3 is 14.8 Å². The molecule has 0 unspecified atom stereocenters. The highest BCUT2D eigenvalue weighted by Gasteiger charge is 2.22. The van der Waals surface area contributed by atoms with Crippen molar-refractivity contribution < 1.29 is 19.8 Å². The van der Waals surface area contributed by atoms with Crippen LogP contribution in [0.4, 0.5) is 0 Å². The summed E-state index contributed by atoms with van der Waals surface area (Å²) in [6.07, 6.45) is 0.386. The van der Waals surface area contributed by atoms with Gasteiger partial charge in [-0.3, -0.25) is 9.59 Å². The summed E-state index contributed by atoms with van der Waals surface area (Å²) < 4.78 is 1.51. The highest BCUT2D eigenvalue weighted by molar-refractivity contribution is 5.71. The van der Waals surface area contributed by atoms with Gasteiger partial charge >= 0.3 is 11.9 Å². The maximum absolute atomic E-state index is 10.9. The van der Waals surface area contributed by atoms with Crippen molar-refractivity contribution in [3.05, 3.63) is 17.2 Å². The molecule has 0 bridgehead atoms. The van der Waals surface area contributed by atoms with E-state index in [0.717, 1.165) is 0 Å². The van der Waals surface area contributed by atoms with Crippen molar-refractivity contribution >= 4 is 11.9 Å². The fraction of sp³-hybridized carbons (Fsp3) is 0.615. The standard InChI is InChI=1S/C13H20N2O4/c1-8-9(5-11(16)17)15(7-12(18)19)10(14-8)6-13(2,3)4/h5-7H2,1-4H3,(H,16,17)(H,18,19). The molecule has 0 aliphatic heterocycles. The van der Waals surface area contributed by atoms with Crippen LogP contribution in [0.5, 0.6) is 0 Å². The molecule has 0 radical (unpaired) electrons. The van der Waals surface area contributed by atoms with E-state index in [1.165, 1.54) is 4.57 Å². The molecule has 1 aromatic heterocycles. The Morgan fingerprint density at radius 3 is 2.21 bits per heavy atom. The molecule has 0 saturated carbocycles. The van der Waals surface area contributed by atoms with Crippen LogP contribution in [0.15, 0.2) is 0 Å². The van der Waals surface area contributed by atoms with Gasteiger partial charge in [-0.2, -0.15) is 0 Å². The first-order valence-electron chi connectivity index (χ1n) is 6.08. The van der Waals surface area contributed by atoms with E-state index in [1.807, 2.05) is 20.8 Å². The number of rotatable bonds is 5. The van der Waals surface area contributed by atoms with E-state index in [2.05, 4.69) is 4.98 Å². The molecule has 0 fully saturated rings.